The monoisotopic (exact) mass is 258 g/mol. The third-order valence-corrected chi connectivity index (χ3v) is 3.45. The smallest absolute Gasteiger partial charge is 0.234 e. The predicted octanol–water partition coefficient (Wildman–Crippen LogP) is 0.376. The number of carbonyl (C=O) groups excluding carboxylic acids is 1. The van der Waals surface area contributed by atoms with Crippen molar-refractivity contribution in [3.63, 3.8) is 0 Å². The van der Waals surface area contributed by atoms with E-state index in [0.29, 0.717) is 32.3 Å². The van der Waals surface area contributed by atoms with Crippen LogP contribution in [0.15, 0.2) is 0 Å². The van der Waals surface area contributed by atoms with Crippen molar-refractivity contribution in [2.24, 2.45) is 0 Å². The highest BCUT2D eigenvalue weighted by Crippen LogP contribution is 2.22. The molecule has 0 spiro atoms. The van der Waals surface area contributed by atoms with Crippen molar-refractivity contribution in [3.8, 4) is 0 Å². The van der Waals surface area contributed by atoms with E-state index in [9.17, 15) is 4.79 Å². The quantitative estimate of drug-likeness (QED) is 0.618. The summed E-state index contributed by atoms with van der Waals surface area (Å²) in [6, 6.07) is 0.457. The molecule has 1 rings (SSSR count). The molecule has 5 heteroatoms. The topological polar surface area (TPSA) is 61.8 Å². The lowest BCUT2D eigenvalue weighted by Crippen LogP contribution is -2.45. The van der Waals surface area contributed by atoms with Gasteiger partial charge in [-0.25, -0.2) is 0 Å². The maximum absolute atomic E-state index is 11.8. The molecule has 1 fully saturated rings. The Balaban J connectivity index is 2.33. The summed E-state index contributed by atoms with van der Waals surface area (Å²) in [5, 5.41) is 11.9. The summed E-state index contributed by atoms with van der Waals surface area (Å²) in [5.41, 5.74) is 0. The first-order valence-corrected chi connectivity index (χ1v) is 6.88. The molecule has 1 aliphatic carbocycles. The molecule has 1 aliphatic rings. The van der Waals surface area contributed by atoms with Gasteiger partial charge in [0, 0.05) is 26.2 Å². The molecule has 0 aromatic carbocycles. The van der Waals surface area contributed by atoms with Crippen molar-refractivity contribution in [3.05, 3.63) is 0 Å². The van der Waals surface area contributed by atoms with E-state index in [1.54, 1.807) is 7.11 Å². The molecule has 0 saturated heterocycles. The maximum Gasteiger partial charge on any atom is 0.234 e. The second-order valence-electron chi connectivity index (χ2n) is 4.83. The fraction of sp³-hybridized carbons (Fsp3) is 0.923. The normalized spacial score (nSPS) is 17.1. The molecule has 0 radical (unpaired) electrons. The van der Waals surface area contributed by atoms with E-state index in [1.807, 2.05) is 0 Å². The lowest BCUT2D eigenvalue weighted by Gasteiger charge is -2.33. The van der Waals surface area contributed by atoms with Gasteiger partial charge in [-0.1, -0.05) is 19.3 Å². The summed E-state index contributed by atoms with van der Waals surface area (Å²) in [6.07, 6.45) is 6.05. The van der Waals surface area contributed by atoms with Gasteiger partial charge in [0.2, 0.25) is 5.91 Å². The lowest BCUT2D eigenvalue weighted by molar-refractivity contribution is -0.123. The zero-order valence-corrected chi connectivity index (χ0v) is 11.4. The summed E-state index contributed by atoms with van der Waals surface area (Å²) in [4.78, 5) is 13.9. The lowest BCUT2D eigenvalue weighted by atomic mass is 9.94. The number of aliphatic hydroxyl groups is 1. The number of carbonyl (C=O) groups is 1. The molecular formula is C13H26N2O3. The van der Waals surface area contributed by atoms with Crippen LogP contribution in [-0.4, -0.2) is 61.9 Å². The Morgan fingerprint density at radius 2 is 2.11 bits per heavy atom. The standard InChI is InChI=1S/C13H26N2O3/c1-18-10-7-14-13(17)11-15(8-9-16)12-5-3-2-4-6-12/h12,16H,2-11H2,1H3,(H,14,17). The van der Waals surface area contributed by atoms with Crippen LogP contribution >= 0.6 is 0 Å². The number of amides is 1. The Morgan fingerprint density at radius 1 is 1.39 bits per heavy atom. The molecule has 5 nitrogen and oxygen atoms in total. The Hall–Kier alpha value is -0.650. The van der Waals surface area contributed by atoms with E-state index in [0.717, 1.165) is 12.8 Å². The molecule has 0 aliphatic heterocycles. The number of nitrogens with one attached hydrogen (secondary N) is 1. The third-order valence-electron chi connectivity index (χ3n) is 3.45. The Bertz CT molecular complexity index is 230. The molecule has 0 bridgehead atoms. The van der Waals surface area contributed by atoms with Gasteiger partial charge in [0.05, 0.1) is 19.8 Å². The van der Waals surface area contributed by atoms with Crippen LogP contribution < -0.4 is 5.32 Å². The van der Waals surface area contributed by atoms with E-state index in [1.165, 1.54) is 19.3 Å². The minimum Gasteiger partial charge on any atom is -0.395 e. The zero-order chi connectivity index (χ0) is 13.2. The van der Waals surface area contributed by atoms with Crippen LogP contribution in [-0.2, 0) is 9.53 Å². The van der Waals surface area contributed by atoms with Gasteiger partial charge in [-0.15, -0.1) is 0 Å². The molecule has 18 heavy (non-hydrogen) atoms. The minimum absolute atomic E-state index is 0.0195. The van der Waals surface area contributed by atoms with E-state index in [-0.39, 0.29) is 12.5 Å². The minimum atomic E-state index is 0.0195. The van der Waals surface area contributed by atoms with E-state index >= 15 is 0 Å². The third kappa shape index (κ3) is 5.80. The molecule has 0 unspecified atom stereocenters. The van der Waals surface area contributed by atoms with Gasteiger partial charge < -0.3 is 15.2 Å². The predicted molar refractivity (Wildman–Crippen MR) is 70.4 cm³/mol. The van der Waals surface area contributed by atoms with Crippen LogP contribution in [0.4, 0.5) is 0 Å². The fourth-order valence-corrected chi connectivity index (χ4v) is 2.50. The summed E-state index contributed by atoms with van der Waals surface area (Å²) in [5.74, 6) is 0.0195. The van der Waals surface area contributed by atoms with Crippen molar-refractivity contribution in [2.45, 2.75) is 38.1 Å². The van der Waals surface area contributed by atoms with Gasteiger partial charge in [-0.05, 0) is 12.8 Å². The first-order chi connectivity index (χ1) is 8.77. The zero-order valence-electron chi connectivity index (χ0n) is 11.4. The summed E-state index contributed by atoms with van der Waals surface area (Å²) < 4.78 is 4.89. The molecule has 1 saturated carbocycles. The van der Waals surface area contributed by atoms with Crippen LogP contribution in [0.25, 0.3) is 0 Å². The van der Waals surface area contributed by atoms with Crippen LogP contribution in [0, 0.1) is 0 Å². The average Bonchev–Trinajstić information content (AvgIpc) is 2.39. The molecule has 2 N–H and O–H groups in total. The average molecular weight is 258 g/mol. The highest BCUT2D eigenvalue weighted by Gasteiger charge is 2.22. The Kier molecular flexibility index (Phi) is 7.96. The first-order valence-electron chi connectivity index (χ1n) is 6.88. The second-order valence-corrected chi connectivity index (χ2v) is 4.83. The first kappa shape index (κ1) is 15.4. The van der Waals surface area contributed by atoms with Crippen molar-refractivity contribution >= 4 is 5.91 Å². The molecule has 0 heterocycles. The van der Waals surface area contributed by atoms with Crippen LogP contribution in [0.2, 0.25) is 0 Å². The van der Waals surface area contributed by atoms with E-state index in [2.05, 4.69) is 10.2 Å². The summed E-state index contributed by atoms with van der Waals surface area (Å²) in [7, 11) is 1.62. The molecule has 1 amide bonds. The number of hydrogen-bond donors (Lipinski definition) is 2. The highest BCUT2D eigenvalue weighted by atomic mass is 16.5. The number of ether oxygens (including phenoxy) is 1. The molecule has 106 valence electrons. The van der Waals surface area contributed by atoms with E-state index < -0.39 is 0 Å². The Labute approximate surface area is 109 Å². The second kappa shape index (κ2) is 9.30. The van der Waals surface area contributed by atoms with Crippen LogP contribution in [0.3, 0.4) is 0 Å². The van der Waals surface area contributed by atoms with Crippen molar-refractivity contribution < 1.29 is 14.6 Å². The van der Waals surface area contributed by atoms with Gasteiger partial charge in [0.25, 0.3) is 0 Å². The number of hydrogen-bond acceptors (Lipinski definition) is 4. The number of methoxy groups -OCH3 is 1. The Morgan fingerprint density at radius 3 is 2.72 bits per heavy atom. The number of rotatable bonds is 8. The maximum atomic E-state index is 11.8. The van der Waals surface area contributed by atoms with Crippen molar-refractivity contribution in [2.75, 3.05) is 40.0 Å². The number of aliphatic hydroxyl groups excluding tert-OH is 1. The summed E-state index contributed by atoms with van der Waals surface area (Å²) >= 11 is 0. The molecule has 0 aromatic heterocycles. The van der Waals surface area contributed by atoms with Gasteiger partial charge >= 0.3 is 0 Å². The SMILES string of the molecule is COCCNC(=O)CN(CCO)C1CCCCC1. The molecule has 0 aromatic rings. The number of nitrogens with zero attached hydrogens (tertiary/aromatic N) is 1. The largest absolute Gasteiger partial charge is 0.395 e. The van der Waals surface area contributed by atoms with Gasteiger partial charge in [0.15, 0.2) is 0 Å². The molecular weight excluding hydrogens is 232 g/mol. The molecule has 0 atom stereocenters. The van der Waals surface area contributed by atoms with E-state index in [4.69, 9.17) is 9.84 Å². The summed E-state index contributed by atoms with van der Waals surface area (Å²) in [6.45, 7) is 2.17. The van der Waals surface area contributed by atoms with Gasteiger partial charge in [-0.2, -0.15) is 0 Å². The van der Waals surface area contributed by atoms with Crippen molar-refractivity contribution in [1.82, 2.24) is 10.2 Å². The van der Waals surface area contributed by atoms with Gasteiger partial charge in [0.1, 0.15) is 0 Å². The highest BCUT2D eigenvalue weighted by molar-refractivity contribution is 5.78. The van der Waals surface area contributed by atoms with Crippen LogP contribution in [0.1, 0.15) is 32.1 Å². The fourth-order valence-electron chi connectivity index (χ4n) is 2.50. The van der Waals surface area contributed by atoms with Gasteiger partial charge in [-0.3, -0.25) is 9.69 Å². The van der Waals surface area contributed by atoms with Crippen LogP contribution in [0.5, 0.6) is 0 Å². The van der Waals surface area contributed by atoms with Crippen molar-refractivity contribution in [1.29, 1.82) is 0 Å².